The van der Waals surface area contributed by atoms with Crippen molar-refractivity contribution in [3.05, 3.63) is 78.6 Å². The minimum absolute atomic E-state index is 0.00517. The number of nitrogens with one attached hydrogen (secondary N) is 3. The molecule has 1 aliphatic rings. The van der Waals surface area contributed by atoms with Crippen LogP contribution in [-0.4, -0.2) is 27.1 Å². The second-order valence-corrected chi connectivity index (χ2v) is 8.37. The van der Waals surface area contributed by atoms with Gasteiger partial charge in [0.25, 0.3) is 5.91 Å². The number of benzene rings is 2. The van der Waals surface area contributed by atoms with Gasteiger partial charge in [0.2, 0.25) is 11.8 Å². The lowest BCUT2D eigenvalue weighted by Crippen LogP contribution is -2.13. The van der Waals surface area contributed by atoms with Gasteiger partial charge in [0.05, 0.1) is 12.4 Å². The molecule has 0 bridgehead atoms. The number of rotatable bonds is 7. The number of hydrogen-bond acceptors (Lipinski definition) is 5. The van der Waals surface area contributed by atoms with Gasteiger partial charge in [-0.15, -0.1) is 0 Å². The van der Waals surface area contributed by atoms with Crippen molar-refractivity contribution < 1.29 is 19.1 Å². The summed E-state index contributed by atoms with van der Waals surface area (Å²) in [5, 5.41) is 8.35. The zero-order valence-corrected chi connectivity index (χ0v) is 18.9. The minimum Gasteiger partial charge on any atom is -0.456 e. The Bertz CT molecular complexity index is 1440. The zero-order valence-electron chi connectivity index (χ0n) is 18.9. The molecule has 3 N–H and O–H groups in total. The molecule has 5 rings (SSSR count). The van der Waals surface area contributed by atoms with E-state index in [9.17, 15) is 14.4 Å². The standard InChI is InChI=1S/C26H23N5O4/c1-16(32)27-19-5-2-4-18(12-19)26(34)28-20-6-3-7-21(13-20)35-22-10-11-24-29-23(15-31(24)14-22)30-25(33)17-8-9-17/h2-7,10-15,17H,8-9H2,1H3,(H,27,32)(H,28,34)(H,30,33). The fourth-order valence-electron chi connectivity index (χ4n) is 3.58. The molecule has 2 aromatic carbocycles. The van der Waals surface area contributed by atoms with E-state index in [4.69, 9.17) is 4.74 Å². The maximum Gasteiger partial charge on any atom is 0.255 e. The van der Waals surface area contributed by atoms with Crippen LogP contribution in [-0.2, 0) is 9.59 Å². The number of nitrogens with zero attached hydrogens (tertiary/aromatic N) is 2. The Hall–Kier alpha value is -4.66. The summed E-state index contributed by atoms with van der Waals surface area (Å²) in [7, 11) is 0. The van der Waals surface area contributed by atoms with E-state index >= 15 is 0 Å². The van der Waals surface area contributed by atoms with Crippen LogP contribution in [0.3, 0.4) is 0 Å². The van der Waals surface area contributed by atoms with Gasteiger partial charge in [-0.05, 0) is 55.3 Å². The minimum atomic E-state index is -0.310. The summed E-state index contributed by atoms with van der Waals surface area (Å²) in [6, 6.07) is 17.3. The van der Waals surface area contributed by atoms with Crippen LogP contribution < -0.4 is 20.7 Å². The highest BCUT2D eigenvalue weighted by Crippen LogP contribution is 2.30. The number of carbonyl (C=O) groups is 3. The van der Waals surface area contributed by atoms with Gasteiger partial charge in [0.15, 0.2) is 5.82 Å². The van der Waals surface area contributed by atoms with E-state index in [1.54, 1.807) is 77.5 Å². The van der Waals surface area contributed by atoms with Crippen LogP contribution in [0.1, 0.15) is 30.1 Å². The van der Waals surface area contributed by atoms with E-state index in [0.29, 0.717) is 39.9 Å². The fourth-order valence-corrected chi connectivity index (χ4v) is 3.58. The van der Waals surface area contributed by atoms with Crippen LogP contribution in [0.15, 0.2) is 73.1 Å². The molecule has 0 saturated heterocycles. The second-order valence-electron chi connectivity index (χ2n) is 8.37. The Kier molecular flexibility index (Phi) is 5.88. The summed E-state index contributed by atoms with van der Waals surface area (Å²) >= 11 is 0. The predicted octanol–water partition coefficient (Wildman–Crippen LogP) is 4.69. The largest absolute Gasteiger partial charge is 0.456 e. The molecular weight excluding hydrogens is 446 g/mol. The lowest BCUT2D eigenvalue weighted by molar-refractivity contribution is -0.117. The van der Waals surface area contributed by atoms with Crippen LogP contribution in [0, 0.1) is 5.92 Å². The Morgan fingerprint density at radius 3 is 2.43 bits per heavy atom. The maximum absolute atomic E-state index is 12.7. The molecule has 0 unspecified atom stereocenters. The molecule has 2 aromatic heterocycles. The molecule has 0 radical (unpaired) electrons. The van der Waals surface area contributed by atoms with Gasteiger partial charge in [-0.3, -0.25) is 14.4 Å². The van der Waals surface area contributed by atoms with Gasteiger partial charge in [0.1, 0.15) is 17.1 Å². The van der Waals surface area contributed by atoms with Crippen LogP contribution in [0.25, 0.3) is 5.65 Å². The van der Waals surface area contributed by atoms with Gasteiger partial charge < -0.3 is 25.1 Å². The average molecular weight is 470 g/mol. The van der Waals surface area contributed by atoms with E-state index in [1.165, 1.54) is 6.92 Å². The number of carbonyl (C=O) groups excluding carboxylic acids is 3. The van der Waals surface area contributed by atoms with Crippen LogP contribution in [0.2, 0.25) is 0 Å². The van der Waals surface area contributed by atoms with Gasteiger partial charge in [-0.2, -0.15) is 0 Å². The van der Waals surface area contributed by atoms with Crippen LogP contribution >= 0.6 is 0 Å². The number of hydrogen-bond donors (Lipinski definition) is 3. The summed E-state index contributed by atoms with van der Waals surface area (Å²) < 4.78 is 7.76. The first-order valence-corrected chi connectivity index (χ1v) is 11.2. The highest BCUT2D eigenvalue weighted by Gasteiger charge is 2.30. The maximum atomic E-state index is 12.7. The van der Waals surface area contributed by atoms with Gasteiger partial charge >= 0.3 is 0 Å². The Morgan fingerprint density at radius 1 is 0.886 bits per heavy atom. The third-order valence-corrected chi connectivity index (χ3v) is 5.40. The van der Waals surface area contributed by atoms with Crippen molar-refractivity contribution in [1.29, 1.82) is 0 Å². The number of ether oxygens (including phenoxy) is 1. The van der Waals surface area contributed by atoms with Crippen molar-refractivity contribution in [2.75, 3.05) is 16.0 Å². The zero-order chi connectivity index (χ0) is 24.4. The molecule has 1 aliphatic carbocycles. The van der Waals surface area contributed by atoms with Crippen molar-refractivity contribution in [1.82, 2.24) is 9.38 Å². The lowest BCUT2D eigenvalue weighted by Gasteiger charge is -2.10. The van der Waals surface area contributed by atoms with Crippen LogP contribution in [0.5, 0.6) is 11.5 Å². The Labute approximate surface area is 201 Å². The number of anilines is 3. The van der Waals surface area contributed by atoms with Crippen molar-refractivity contribution in [3.63, 3.8) is 0 Å². The SMILES string of the molecule is CC(=O)Nc1cccc(C(=O)Nc2cccc(Oc3ccc4nc(NC(=O)C5CC5)cn4c3)c2)c1. The van der Waals surface area contributed by atoms with Crippen molar-refractivity contribution in [2.45, 2.75) is 19.8 Å². The van der Waals surface area contributed by atoms with E-state index in [1.807, 2.05) is 0 Å². The van der Waals surface area contributed by atoms with Gasteiger partial charge in [0, 0.05) is 35.8 Å². The summed E-state index contributed by atoms with van der Waals surface area (Å²) in [6.07, 6.45) is 5.38. The summed E-state index contributed by atoms with van der Waals surface area (Å²) in [4.78, 5) is 40.4. The quantitative estimate of drug-likeness (QED) is 0.364. The highest BCUT2D eigenvalue weighted by molar-refractivity contribution is 6.05. The topological polar surface area (TPSA) is 114 Å². The summed E-state index contributed by atoms with van der Waals surface area (Å²) in [5.74, 6) is 1.21. The number of aromatic nitrogens is 2. The molecule has 0 aliphatic heterocycles. The normalized spacial score (nSPS) is 12.7. The Balaban J connectivity index is 1.27. The average Bonchev–Trinajstić information content (AvgIpc) is 3.60. The third-order valence-electron chi connectivity index (χ3n) is 5.40. The number of fused-ring (bicyclic) bond motifs is 1. The van der Waals surface area contributed by atoms with E-state index in [2.05, 4.69) is 20.9 Å². The smallest absolute Gasteiger partial charge is 0.255 e. The molecule has 2 heterocycles. The van der Waals surface area contributed by atoms with Crippen LogP contribution in [0.4, 0.5) is 17.2 Å². The number of imidazole rings is 1. The first-order chi connectivity index (χ1) is 16.9. The fraction of sp³-hybridized carbons (Fsp3) is 0.154. The molecule has 35 heavy (non-hydrogen) atoms. The summed E-state index contributed by atoms with van der Waals surface area (Å²) in [5.41, 5.74) is 2.21. The molecule has 0 spiro atoms. The predicted molar refractivity (Wildman–Crippen MR) is 132 cm³/mol. The van der Waals surface area contributed by atoms with E-state index in [-0.39, 0.29) is 23.6 Å². The molecular formula is C26H23N5O4. The third kappa shape index (κ3) is 5.47. The summed E-state index contributed by atoms with van der Waals surface area (Å²) in [6.45, 7) is 1.41. The lowest BCUT2D eigenvalue weighted by atomic mass is 10.2. The van der Waals surface area contributed by atoms with Crippen molar-refractivity contribution in [3.8, 4) is 11.5 Å². The molecule has 4 aromatic rings. The first-order valence-electron chi connectivity index (χ1n) is 11.2. The second kappa shape index (κ2) is 9.30. The van der Waals surface area contributed by atoms with E-state index < -0.39 is 0 Å². The molecule has 0 atom stereocenters. The molecule has 1 saturated carbocycles. The van der Waals surface area contributed by atoms with Gasteiger partial charge in [-0.1, -0.05) is 12.1 Å². The van der Waals surface area contributed by atoms with Crippen molar-refractivity contribution in [2.24, 2.45) is 5.92 Å². The molecule has 1 fully saturated rings. The molecule has 9 nitrogen and oxygen atoms in total. The highest BCUT2D eigenvalue weighted by atomic mass is 16.5. The van der Waals surface area contributed by atoms with Gasteiger partial charge in [-0.25, -0.2) is 4.98 Å². The van der Waals surface area contributed by atoms with E-state index in [0.717, 1.165) is 12.8 Å². The Morgan fingerprint density at radius 2 is 1.66 bits per heavy atom. The monoisotopic (exact) mass is 469 g/mol. The molecule has 9 heteroatoms. The molecule has 3 amide bonds. The molecule has 176 valence electrons. The first kappa shape index (κ1) is 22.1. The van der Waals surface area contributed by atoms with Crippen molar-refractivity contribution >= 4 is 40.6 Å². The number of amides is 3. The number of pyridine rings is 1.